The molecule has 1 amide bonds. The summed E-state index contributed by atoms with van der Waals surface area (Å²) in [5.41, 5.74) is -0.583. The molecule has 7 rings (SSSR count). The monoisotopic (exact) mass is 417 g/mol. The number of anilines is 1. The predicted octanol–water partition coefficient (Wildman–Crippen LogP) is 3.12. The number of carbonyl (C=O) groups is 1. The first kappa shape index (κ1) is 19.0. The average Bonchev–Trinajstić information content (AvgIpc) is 3.01. The quantitative estimate of drug-likeness (QED) is 0.803. The summed E-state index contributed by atoms with van der Waals surface area (Å²) >= 11 is 0. The van der Waals surface area contributed by atoms with Crippen LogP contribution in [0, 0.1) is 34.8 Å². The summed E-state index contributed by atoms with van der Waals surface area (Å²) in [5, 5.41) is 10.6. The Hall–Kier alpha value is -1.76. The van der Waals surface area contributed by atoms with Gasteiger partial charge in [0.1, 0.15) is 5.82 Å². The number of aliphatic hydroxyl groups is 1. The van der Waals surface area contributed by atoms with E-state index in [1.54, 1.807) is 0 Å². The first-order valence-electron chi connectivity index (χ1n) is 11.5. The summed E-state index contributed by atoms with van der Waals surface area (Å²) in [4.78, 5) is 21.8. The second kappa shape index (κ2) is 6.38. The van der Waals surface area contributed by atoms with Gasteiger partial charge < -0.3 is 14.9 Å². The molecule has 2 saturated heterocycles. The Bertz CT molecular complexity index is 879. The number of amides is 1. The lowest BCUT2D eigenvalue weighted by atomic mass is 9.51. The van der Waals surface area contributed by atoms with Crippen LogP contribution in [0.5, 0.6) is 0 Å². The van der Waals surface area contributed by atoms with Gasteiger partial charge in [-0.1, -0.05) is 0 Å². The SMILES string of the molecule is O=C1N(C23CC4CC(C2)C(O)C(C4)C3)CC[C@@]12CCCN(c1ncc(F)cc1F)C2. The van der Waals surface area contributed by atoms with Gasteiger partial charge in [-0.25, -0.2) is 13.8 Å². The highest BCUT2D eigenvalue weighted by molar-refractivity contribution is 5.86. The van der Waals surface area contributed by atoms with Gasteiger partial charge in [-0.3, -0.25) is 4.79 Å². The van der Waals surface area contributed by atoms with E-state index in [1.807, 2.05) is 4.90 Å². The van der Waals surface area contributed by atoms with Gasteiger partial charge in [-0.15, -0.1) is 0 Å². The number of nitrogens with zero attached hydrogens (tertiary/aromatic N) is 3. The second-order valence-electron chi connectivity index (χ2n) is 10.7. The van der Waals surface area contributed by atoms with Crippen LogP contribution >= 0.6 is 0 Å². The van der Waals surface area contributed by atoms with Crippen LogP contribution in [0.2, 0.25) is 0 Å². The van der Waals surface area contributed by atoms with Gasteiger partial charge in [0.15, 0.2) is 11.6 Å². The van der Waals surface area contributed by atoms with Crippen molar-refractivity contribution in [2.24, 2.45) is 23.2 Å². The molecular weight excluding hydrogens is 388 g/mol. The van der Waals surface area contributed by atoms with E-state index >= 15 is 0 Å². The molecule has 4 saturated carbocycles. The van der Waals surface area contributed by atoms with Gasteiger partial charge in [0.25, 0.3) is 0 Å². The van der Waals surface area contributed by atoms with E-state index in [2.05, 4.69) is 9.88 Å². The summed E-state index contributed by atoms with van der Waals surface area (Å²) in [7, 11) is 0. The smallest absolute Gasteiger partial charge is 0.231 e. The molecule has 4 bridgehead atoms. The summed E-state index contributed by atoms with van der Waals surface area (Å²) in [5.74, 6) is 0.322. The third kappa shape index (κ3) is 2.60. The molecule has 2 aliphatic heterocycles. The first-order valence-corrected chi connectivity index (χ1v) is 11.5. The number of aliphatic hydroxyl groups excluding tert-OH is 1. The van der Waals surface area contributed by atoms with E-state index in [0.29, 0.717) is 30.8 Å². The molecule has 1 aromatic rings. The number of hydrogen-bond acceptors (Lipinski definition) is 4. The van der Waals surface area contributed by atoms with E-state index in [-0.39, 0.29) is 23.4 Å². The van der Waals surface area contributed by atoms with E-state index in [9.17, 15) is 18.7 Å². The minimum Gasteiger partial charge on any atom is -0.393 e. The van der Waals surface area contributed by atoms with Gasteiger partial charge in [0.05, 0.1) is 17.7 Å². The van der Waals surface area contributed by atoms with E-state index in [0.717, 1.165) is 70.2 Å². The highest BCUT2D eigenvalue weighted by Crippen LogP contribution is 2.59. The molecule has 6 aliphatic rings. The van der Waals surface area contributed by atoms with Crippen molar-refractivity contribution in [2.45, 2.75) is 63.0 Å². The number of piperidine rings is 1. The molecule has 3 heterocycles. The van der Waals surface area contributed by atoms with Crippen molar-refractivity contribution >= 4 is 11.7 Å². The molecule has 1 spiro atoms. The fourth-order valence-corrected chi connectivity index (χ4v) is 7.89. The molecule has 3 atom stereocenters. The van der Waals surface area contributed by atoms with Crippen LogP contribution in [0.25, 0.3) is 0 Å². The van der Waals surface area contributed by atoms with Crippen LogP contribution in [-0.2, 0) is 4.79 Å². The van der Waals surface area contributed by atoms with Crippen LogP contribution in [0.15, 0.2) is 12.3 Å². The van der Waals surface area contributed by atoms with E-state index < -0.39 is 17.0 Å². The molecule has 7 heteroatoms. The lowest BCUT2D eigenvalue weighted by molar-refractivity contribution is -0.167. The molecule has 1 N–H and O–H groups in total. The fourth-order valence-electron chi connectivity index (χ4n) is 7.89. The Labute approximate surface area is 175 Å². The molecule has 0 radical (unpaired) electrons. The van der Waals surface area contributed by atoms with Crippen molar-refractivity contribution in [3.63, 3.8) is 0 Å². The maximum absolute atomic E-state index is 14.4. The average molecular weight is 418 g/mol. The standard InChI is InChI=1S/C23H29F2N3O2/c24-17-8-18(25)20(26-12-17)27-4-1-2-22(13-27)3-5-28(21(22)30)23-9-14-6-15(10-23)19(29)16(7-14)11-23/h8,12,14-16,19,29H,1-7,9-11,13H2/t14?,15?,16?,19?,22-,23?/m1/s1. The van der Waals surface area contributed by atoms with Crippen molar-refractivity contribution < 1.29 is 18.7 Å². The molecule has 4 aliphatic carbocycles. The Kier molecular flexibility index (Phi) is 4.03. The topological polar surface area (TPSA) is 56.7 Å². The fraction of sp³-hybridized carbons (Fsp3) is 0.739. The molecule has 2 unspecified atom stereocenters. The third-order valence-corrected chi connectivity index (χ3v) is 8.94. The van der Waals surface area contributed by atoms with Crippen LogP contribution in [0.1, 0.15) is 51.4 Å². The molecule has 30 heavy (non-hydrogen) atoms. The normalized spacial score (nSPS) is 42.6. The number of likely N-dealkylation sites (tertiary alicyclic amines) is 1. The van der Waals surface area contributed by atoms with Crippen molar-refractivity contribution in [3.8, 4) is 0 Å². The highest BCUT2D eigenvalue weighted by atomic mass is 19.1. The van der Waals surface area contributed by atoms with Crippen molar-refractivity contribution in [1.82, 2.24) is 9.88 Å². The Morgan fingerprint density at radius 3 is 2.60 bits per heavy atom. The van der Waals surface area contributed by atoms with Crippen molar-refractivity contribution in [2.75, 3.05) is 24.5 Å². The van der Waals surface area contributed by atoms with Crippen LogP contribution in [-0.4, -0.2) is 52.2 Å². The van der Waals surface area contributed by atoms with Crippen LogP contribution in [0.4, 0.5) is 14.6 Å². The maximum atomic E-state index is 14.4. The van der Waals surface area contributed by atoms with Gasteiger partial charge in [0, 0.05) is 31.2 Å². The number of carbonyl (C=O) groups excluding carboxylic acids is 1. The Morgan fingerprint density at radius 2 is 1.87 bits per heavy atom. The molecule has 6 fully saturated rings. The molecule has 162 valence electrons. The molecular formula is C23H29F2N3O2. The van der Waals surface area contributed by atoms with Gasteiger partial charge in [0.2, 0.25) is 5.91 Å². The second-order valence-corrected chi connectivity index (χ2v) is 10.7. The third-order valence-electron chi connectivity index (χ3n) is 8.94. The minimum atomic E-state index is -0.685. The largest absolute Gasteiger partial charge is 0.393 e. The maximum Gasteiger partial charge on any atom is 0.231 e. The summed E-state index contributed by atoms with van der Waals surface area (Å²) in [6.45, 7) is 1.84. The van der Waals surface area contributed by atoms with Crippen LogP contribution < -0.4 is 4.90 Å². The van der Waals surface area contributed by atoms with Crippen LogP contribution in [0.3, 0.4) is 0 Å². The zero-order valence-electron chi connectivity index (χ0n) is 17.2. The summed E-state index contributed by atoms with van der Waals surface area (Å²) < 4.78 is 27.7. The zero-order valence-corrected chi connectivity index (χ0v) is 17.2. The lowest BCUT2D eigenvalue weighted by Gasteiger charge is -2.61. The number of hydrogen-bond donors (Lipinski definition) is 1. The summed E-state index contributed by atoms with van der Waals surface area (Å²) in [6.07, 6.45) is 8.41. The predicted molar refractivity (Wildman–Crippen MR) is 107 cm³/mol. The van der Waals surface area contributed by atoms with Crippen molar-refractivity contribution in [1.29, 1.82) is 0 Å². The Balaban J connectivity index is 1.26. The lowest BCUT2D eigenvalue weighted by Crippen LogP contribution is -2.65. The summed E-state index contributed by atoms with van der Waals surface area (Å²) in [6, 6.07) is 0.868. The molecule has 1 aromatic heterocycles. The van der Waals surface area contributed by atoms with Gasteiger partial charge in [-0.05, 0) is 69.1 Å². The number of rotatable bonds is 2. The Morgan fingerprint density at radius 1 is 1.10 bits per heavy atom. The molecule has 5 nitrogen and oxygen atoms in total. The zero-order chi connectivity index (χ0) is 20.7. The minimum absolute atomic E-state index is 0.0854. The highest BCUT2D eigenvalue weighted by Gasteiger charge is 2.62. The van der Waals surface area contributed by atoms with Crippen molar-refractivity contribution in [3.05, 3.63) is 23.9 Å². The number of aromatic nitrogens is 1. The molecule has 0 aromatic carbocycles. The number of halogens is 2. The van der Waals surface area contributed by atoms with Gasteiger partial charge >= 0.3 is 0 Å². The van der Waals surface area contributed by atoms with E-state index in [4.69, 9.17) is 0 Å². The van der Waals surface area contributed by atoms with E-state index in [1.165, 1.54) is 0 Å². The number of pyridine rings is 1. The van der Waals surface area contributed by atoms with Gasteiger partial charge in [-0.2, -0.15) is 0 Å². The first-order chi connectivity index (χ1) is 14.4.